The highest BCUT2D eigenvalue weighted by atomic mass is 16.5. The molecule has 1 atom stereocenters. The van der Waals surface area contributed by atoms with Gasteiger partial charge in [-0.1, -0.05) is 19.9 Å². The zero-order valence-corrected chi connectivity index (χ0v) is 10.8. The van der Waals surface area contributed by atoms with Crippen LogP contribution in [-0.4, -0.2) is 11.7 Å². The maximum atomic E-state index is 9.94. The van der Waals surface area contributed by atoms with Gasteiger partial charge in [-0.25, -0.2) is 0 Å². The minimum Gasteiger partial charge on any atom is -0.494 e. The van der Waals surface area contributed by atoms with E-state index in [-0.39, 0.29) is 6.10 Å². The third-order valence-electron chi connectivity index (χ3n) is 3.36. The van der Waals surface area contributed by atoms with Gasteiger partial charge in [-0.15, -0.1) is 0 Å². The number of hydrogen-bond acceptors (Lipinski definition) is 2. The van der Waals surface area contributed by atoms with E-state index in [1.165, 1.54) is 5.56 Å². The quantitative estimate of drug-likeness (QED) is 0.864. The normalized spacial score (nSPS) is 19.2. The summed E-state index contributed by atoms with van der Waals surface area (Å²) in [6.45, 7) is 5.15. The molecular formula is C15H22O2. The van der Waals surface area contributed by atoms with Crippen molar-refractivity contribution in [3.8, 4) is 5.75 Å². The maximum Gasteiger partial charge on any atom is 0.119 e. The zero-order chi connectivity index (χ0) is 12.3. The lowest BCUT2D eigenvalue weighted by Crippen LogP contribution is -2.09. The molecule has 17 heavy (non-hydrogen) atoms. The molecule has 0 heterocycles. The van der Waals surface area contributed by atoms with Crippen LogP contribution in [0, 0.1) is 5.92 Å². The highest BCUT2D eigenvalue weighted by molar-refractivity contribution is 5.38. The minimum atomic E-state index is -0.299. The van der Waals surface area contributed by atoms with Crippen molar-refractivity contribution < 1.29 is 9.84 Å². The number of rotatable bonds is 4. The third kappa shape index (κ3) is 3.22. The second-order valence-corrected chi connectivity index (χ2v) is 5.30. The summed E-state index contributed by atoms with van der Waals surface area (Å²) >= 11 is 0. The van der Waals surface area contributed by atoms with Crippen LogP contribution in [0.5, 0.6) is 5.75 Å². The molecule has 0 radical (unpaired) electrons. The average Bonchev–Trinajstić information content (AvgIpc) is 2.30. The largest absolute Gasteiger partial charge is 0.494 e. The molecule has 0 aromatic heterocycles. The first-order chi connectivity index (χ1) is 8.16. The first kappa shape index (κ1) is 12.4. The molecule has 0 fully saturated rings. The van der Waals surface area contributed by atoms with E-state index in [2.05, 4.69) is 19.9 Å². The lowest BCUT2D eigenvalue weighted by molar-refractivity contribution is 0.156. The van der Waals surface area contributed by atoms with Crippen LogP contribution in [0.2, 0.25) is 0 Å². The van der Waals surface area contributed by atoms with Gasteiger partial charge in [0.1, 0.15) is 5.75 Å². The fourth-order valence-electron chi connectivity index (χ4n) is 2.25. The number of benzene rings is 1. The molecule has 1 aliphatic carbocycles. The summed E-state index contributed by atoms with van der Waals surface area (Å²) in [7, 11) is 0. The van der Waals surface area contributed by atoms with Gasteiger partial charge in [0.15, 0.2) is 0 Å². The van der Waals surface area contributed by atoms with Gasteiger partial charge >= 0.3 is 0 Å². The molecule has 1 aromatic rings. The van der Waals surface area contributed by atoms with Crippen LogP contribution in [0.4, 0.5) is 0 Å². The van der Waals surface area contributed by atoms with Gasteiger partial charge in [-0.2, -0.15) is 0 Å². The molecule has 0 saturated carbocycles. The third-order valence-corrected chi connectivity index (χ3v) is 3.36. The van der Waals surface area contributed by atoms with Crippen LogP contribution in [0.15, 0.2) is 18.2 Å². The Morgan fingerprint density at radius 1 is 1.41 bits per heavy atom. The summed E-state index contributed by atoms with van der Waals surface area (Å²) in [6.07, 6.45) is 3.81. The molecule has 2 nitrogen and oxygen atoms in total. The highest BCUT2D eigenvalue weighted by Gasteiger charge is 2.18. The van der Waals surface area contributed by atoms with Crippen LogP contribution >= 0.6 is 0 Å². The van der Waals surface area contributed by atoms with Crippen LogP contribution in [0.1, 0.15) is 50.3 Å². The SMILES string of the molecule is CC(C)CCOc1ccc2c(c1)C(O)CCC2. The van der Waals surface area contributed by atoms with Crippen LogP contribution in [0.3, 0.4) is 0 Å². The topological polar surface area (TPSA) is 29.5 Å². The molecule has 1 N–H and O–H groups in total. The van der Waals surface area contributed by atoms with Crippen molar-refractivity contribution in [3.05, 3.63) is 29.3 Å². The van der Waals surface area contributed by atoms with Crippen molar-refractivity contribution in [2.75, 3.05) is 6.61 Å². The Kier molecular flexibility index (Phi) is 4.06. The Bertz CT molecular complexity index is 371. The molecule has 94 valence electrons. The van der Waals surface area contributed by atoms with E-state index in [9.17, 15) is 5.11 Å². The van der Waals surface area contributed by atoms with Crippen LogP contribution < -0.4 is 4.74 Å². The Morgan fingerprint density at radius 3 is 3.00 bits per heavy atom. The number of fused-ring (bicyclic) bond motifs is 1. The molecule has 0 amide bonds. The number of aryl methyl sites for hydroxylation is 1. The van der Waals surface area contributed by atoms with Crippen LogP contribution in [-0.2, 0) is 6.42 Å². The smallest absolute Gasteiger partial charge is 0.119 e. The van der Waals surface area contributed by atoms with Crippen LogP contribution in [0.25, 0.3) is 0 Å². The summed E-state index contributed by atoms with van der Waals surface area (Å²) in [5.41, 5.74) is 2.35. The summed E-state index contributed by atoms with van der Waals surface area (Å²) < 4.78 is 5.72. The molecule has 1 aromatic carbocycles. The molecular weight excluding hydrogens is 212 g/mol. The lowest BCUT2D eigenvalue weighted by Gasteiger charge is -2.22. The second kappa shape index (κ2) is 5.54. The Morgan fingerprint density at radius 2 is 2.24 bits per heavy atom. The van der Waals surface area contributed by atoms with E-state index in [0.29, 0.717) is 5.92 Å². The van der Waals surface area contributed by atoms with E-state index in [4.69, 9.17) is 4.74 Å². The van der Waals surface area contributed by atoms with E-state index in [1.807, 2.05) is 12.1 Å². The first-order valence-electron chi connectivity index (χ1n) is 6.60. The Hall–Kier alpha value is -1.02. The van der Waals surface area contributed by atoms with E-state index in [1.54, 1.807) is 0 Å². The van der Waals surface area contributed by atoms with E-state index < -0.39 is 0 Å². The van der Waals surface area contributed by atoms with Gasteiger partial charge in [-0.3, -0.25) is 0 Å². The van der Waals surface area contributed by atoms with Crippen molar-refractivity contribution in [2.24, 2.45) is 5.92 Å². The van der Waals surface area contributed by atoms with Gasteiger partial charge in [0.25, 0.3) is 0 Å². The summed E-state index contributed by atoms with van der Waals surface area (Å²) in [4.78, 5) is 0. The molecule has 1 unspecified atom stereocenters. The molecule has 0 aliphatic heterocycles. The van der Waals surface area contributed by atoms with Gasteiger partial charge < -0.3 is 9.84 Å². The van der Waals surface area contributed by atoms with Crippen molar-refractivity contribution >= 4 is 0 Å². The van der Waals surface area contributed by atoms with Crippen molar-refractivity contribution in [1.29, 1.82) is 0 Å². The van der Waals surface area contributed by atoms with Gasteiger partial charge in [0.05, 0.1) is 12.7 Å². The number of hydrogen-bond donors (Lipinski definition) is 1. The van der Waals surface area contributed by atoms with E-state index in [0.717, 1.165) is 43.6 Å². The molecule has 1 aliphatic rings. The monoisotopic (exact) mass is 234 g/mol. The number of ether oxygens (including phenoxy) is 1. The summed E-state index contributed by atoms with van der Waals surface area (Å²) in [5.74, 6) is 1.56. The molecule has 0 bridgehead atoms. The fourth-order valence-corrected chi connectivity index (χ4v) is 2.25. The molecule has 0 spiro atoms. The minimum absolute atomic E-state index is 0.299. The van der Waals surface area contributed by atoms with Gasteiger partial charge in [-0.05, 0) is 54.9 Å². The van der Waals surface area contributed by atoms with Gasteiger partial charge in [0, 0.05) is 0 Å². The molecule has 2 rings (SSSR count). The average molecular weight is 234 g/mol. The number of aliphatic hydroxyl groups excluding tert-OH is 1. The molecule has 2 heteroatoms. The van der Waals surface area contributed by atoms with Crippen molar-refractivity contribution in [2.45, 2.75) is 45.6 Å². The predicted octanol–water partition coefficient (Wildman–Crippen LogP) is 3.48. The summed E-state index contributed by atoms with van der Waals surface area (Å²) in [6, 6.07) is 6.14. The predicted molar refractivity (Wildman–Crippen MR) is 69.3 cm³/mol. The lowest BCUT2D eigenvalue weighted by atomic mass is 9.89. The number of aliphatic hydroxyl groups is 1. The standard InChI is InChI=1S/C15H22O2/c1-11(2)8-9-17-13-7-6-12-4-3-5-15(16)14(12)10-13/h6-7,10-11,15-16H,3-5,8-9H2,1-2H3. The van der Waals surface area contributed by atoms with Crippen molar-refractivity contribution in [3.63, 3.8) is 0 Å². The van der Waals surface area contributed by atoms with Gasteiger partial charge in [0.2, 0.25) is 0 Å². The molecule has 0 saturated heterocycles. The highest BCUT2D eigenvalue weighted by Crippen LogP contribution is 2.32. The van der Waals surface area contributed by atoms with E-state index >= 15 is 0 Å². The zero-order valence-electron chi connectivity index (χ0n) is 10.8. The second-order valence-electron chi connectivity index (χ2n) is 5.30. The maximum absolute atomic E-state index is 9.94. The fraction of sp³-hybridized carbons (Fsp3) is 0.600. The first-order valence-corrected chi connectivity index (χ1v) is 6.60. The van der Waals surface area contributed by atoms with Crippen molar-refractivity contribution in [1.82, 2.24) is 0 Å². The summed E-state index contributed by atoms with van der Waals surface area (Å²) in [5, 5.41) is 9.94. The Labute approximate surface area is 104 Å². The Balaban J connectivity index is 2.02.